The van der Waals surface area contributed by atoms with Crippen LogP contribution in [0.1, 0.15) is 6.42 Å². The molecule has 7 nitrogen and oxygen atoms in total. The van der Waals surface area contributed by atoms with Gasteiger partial charge in [0.25, 0.3) is 0 Å². The van der Waals surface area contributed by atoms with Gasteiger partial charge in [0, 0.05) is 25.3 Å². The fourth-order valence-electron chi connectivity index (χ4n) is 2.80. The second kappa shape index (κ2) is 4.78. The van der Waals surface area contributed by atoms with Crippen LogP contribution in [-0.4, -0.2) is 50.7 Å². The highest BCUT2D eigenvalue weighted by molar-refractivity contribution is 6.31. The maximum absolute atomic E-state index is 6.03. The molecule has 1 fully saturated rings. The van der Waals surface area contributed by atoms with E-state index in [1.54, 1.807) is 12.5 Å². The summed E-state index contributed by atoms with van der Waals surface area (Å²) in [6.45, 7) is 1.85. The third kappa shape index (κ3) is 2.00. The average Bonchev–Trinajstić information content (AvgIpc) is 3.15. The number of pyridine rings is 1. The van der Waals surface area contributed by atoms with Gasteiger partial charge in [-0.1, -0.05) is 11.6 Å². The molecule has 0 unspecified atom stereocenters. The summed E-state index contributed by atoms with van der Waals surface area (Å²) in [6, 6.07) is 2.29. The minimum atomic E-state index is 0.475. The third-order valence-corrected chi connectivity index (χ3v) is 4.12. The minimum Gasteiger partial charge on any atom is -0.352 e. The van der Waals surface area contributed by atoms with Crippen LogP contribution in [0.5, 0.6) is 0 Å². The van der Waals surface area contributed by atoms with E-state index in [1.165, 1.54) is 0 Å². The zero-order valence-corrected chi connectivity index (χ0v) is 12.2. The van der Waals surface area contributed by atoms with Crippen molar-refractivity contribution in [3.63, 3.8) is 0 Å². The number of anilines is 1. The van der Waals surface area contributed by atoms with Crippen LogP contribution >= 0.6 is 11.6 Å². The molecule has 3 aromatic heterocycles. The van der Waals surface area contributed by atoms with Crippen molar-refractivity contribution in [1.82, 2.24) is 29.9 Å². The molecule has 21 heavy (non-hydrogen) atoms. The first-order valence-electron chi connectivity index (χ1n) is 6.83. The van der Waals surface area contributed by atoms with E-state index in [9.17, 15) is 0 Å². The normalized spacial score (nSPS) is 19.0. The van der Waals surface area contributed by atoms with Gasteiger partial charge in [0.15, 0.2) is 11.5 Å². The SMILES string of the molecule is CN[C@@H]1CCN(c2nc3cc(Cl)cnc3n3cnnc23)C1. The molecule has 0 aliphatic carbocycles. The quantitative estimate of drug-likeness (QED) is 0.765. The van der Waals surface area contributed by atoms with Crippen molar-refractivity contribution < 1.29 is 0 Å². The lowest BCUT2D eigenvalue weighted by Crippen LogP contribution is -2.30. The van der Waals surface area contributed by atoms with Crippen LogP contribution in [0.15, 0.2) is 18.6 Å². The molecule has 1 atom stereocenters. The molecule has 4 heterocycles. The van der Waals surface area contributed by atoms with Gasteiger partial charge in [0.2, 0.25) is 5.65 Å². The number of halogens is 1. The van der Waals surface area contributed by atoms with Crippen LogP contribution in [0.4, 0.5) is 5.82 Å². The highest BCUT2D eigenvalue weighted by Crippen LogP contribution is 2.26. The molecule has 0 amide bonds. The topological polar surface area (TPSA) is 71.2 Å². The molecule has 0 saturated carbocycles. The van der Waals surface area contributed by atoms with E-state index in [4.69, 9.17) is 16.6 Å². The number of fused-ring (bicyclic) bond motifs is 3. The Morgan fingerprint density at radius 2 is 2.29 bits per heavy atom. The van der Waals surface area contributed by atoms with Gasteiger partial charge in [-0.15, -0.1) is 10.2 Å². The molecule has 3 aromatic rings. The van der Waals surface area contributed by atoms with Crippen molar-refractivity contribution in [2.45, 2.75) is 12.5 Å². The van der Waals surface area contributed by atoms with Gasteiger partial charge in [-0.2, -0.15) is 0 Å². The zero-order valence-electron chi connectivity index (χ0n) is 11.5. The zero-order chi connectivity index (χ0) is 14.4. The molecule has 0 aromatic carbocycles. The summed E-state index contributed by atoms with van der Waals surface area (Å²) < 4.78 is 1.86. The van der Waals surface area contributed by atoms with Crippen molar-refractivity contribution in [1.29, 1.82) is 0 Å². The van der Waals surface area contributed by atoms with E-state index in [0.717, 1.165) is 36.5 Å². The number of hydrogen-bond donors (Lipinski definition) is 1. The van der Waals surface area contributed by atoms with Crippen LogP contribution in [0.25, 0.3) is 16.8 Å². The highest BCUT2D eigenvalue weighted by atomic mass is 35.5. The van der Waals surface area contributed by atoms with Crippen molar-refractivity contribution in [3.05, 3.63) is 23.6 Å². The van der Waals surface area contributed by atoms with Crippen molar-refractivity contribution in [2.75, 3.05) is 25.0 Å². The van der Waals surface area contributed by atoms with Crippen LogP contribution in [0.2, 0.25) is 5.02 Å². The van der Waals surface area contributed by atoms with Crippen molar-refractivity contribution in [3.8, 4) is 0 Å². The Kier molecular flexibility index (Phi) is 2.90. The van der Waals surface area contributed by atoms with Crippen LogP contribution in [0.3, 0.4) is 0 Å². The van der Waals surface area contributed by atoms with Gasteiger partial charge < -0.3 is 10.2 Å². The minimum absolute atomic E-state index is 0.475. The van der Waals surface area contributed by atoms with E-state index in [-0.39, 0.29) is 0 Å². The molecule has 8 heteroatoms. The predicted molar refractivity (Wildman–Crippen MR) is 80.8 cm³/mol. The summed E-state index contributed by atoms with van der Waals surface area (Å²) >= 11 is 6.03. The van der Waals surface area contributed by atoms with Gasteiger partial charge in [-0.05, 0) is 19.5 Å². The summed E-state index contributed by atoms with van der Waals surface area (Å²) in [5, 5.41) is 12.1. The largest absolute Gasteiger partial charge is 0.352 e. The van der Waals surface area contributed by atoms with E-state index >= 15 is 0 Å². The molecule has 108 valence electrons. The number of likely N-dealkylation sites (N-methyl/N-ethyl adjacent to an activating group) is 1. The molecule has 1 saturated heterocycles. The number of hydrogen-bond acceptors (Lipinski definition) is 6. The van der Waals surface area contributed by atoms with E-state index in [2.05, 4.69) is 25.4 Å². The molecular weight excluding hydrogens is 290 g/mol. The molecular formula is C13H14ClN7. The van der Waals surface area contributed by atoms with Crippen molar-refractivity contribution in [2.24, 2.45) is 0 Å². The first-order chi connectivity index (χ1) is 10.3. The Morgan fingerprint density at radius 1 is 1.38 bits per heavy atom. The van der Waals surface area contributed by atoms with Crippen LogP contribution in [0, 0.1) is 0 Å². The number of nitrogens with zero attached hydrogens (tertiary/aromatic N) is 6. The van der Waals surface area contributed by atoms with Gasteiger partial charge in [-0.3, -0.25) is 4.40 Å². The van der Waals surface area contributed by atoms with Crippen LogP contribution in [-0.2, 0) is 0 Å². The Bertz CT molecular complexity index is 815. The lowest BCUT2D eigenvalue weighted by Gasteiger charge is -2.18. The maximum Gasteiger partial charge on any atom is 0.205 e. The molecule has 0 spiro atoms. The number of nitrogens with one attached hydrogen (secondary N) is 1. The second-order valence-corrected chi connectivity index (χ2v) is 5.61. The molecule has 4 rings (SSSR count). The Balaban J connectivity index is 1.92. The molecule has 1 aliphatic rings. The number of aromatic nitrogens is 5. The van der Waals surface area contributed by atoms with Gasteiger partial charge in [0.05, 0.1) is 5.02 Å². The fraction of sp³-hybridized carbons (Fsp3) is 0.385. The van der Waals surface area contributed by atoms with Gasteiger partial charge >= 0.3 is 0 Å². The fourth-order valence-corrected chi connectivity index (χ4v) is 2.95. The maximum atomic E-state index is 6.03. The van der Waals surface area contributed by atoms with Gasteiger partial charge in [-0.25, -0.2) is 9.97 Å². The molecule has 1 aliphatic heterocycles. The summed E-state index contributed by atoms with van der Waals surface area (Å²) in [4.78, 5) is 11.3. The van der Waals surface area contributed by atoms with E-state index in [0.29, 0.717) is 16.7 Å². The lowest BCUT2D eigenvalue weighted by atomic mass is 10.3. The Hall–Kier alpha value is -1.99. The average molecular weight is 304 g/mol. The standard InChI is InChI=1S/C13H14ClN7/c1-15-9-2-3-20(6-9)12-13-19-17-7-21(13)11-10(18-12)4-8(14)5-16-11/h4-5,7,9,15H,2-3,6H2,1H3/t9-/m1/s1. The van der Waals surface area contributed by atoms with Crippen LogP contribution < -0.4 is 10.2 Å². The second-order valence-electron chi connectivity index (χ2n) is 5.18. The van der Waals surface area contributed by atoms with E-state index < -0.39 is 0 Å². The van der Waals surface area contributed by atoms with Gasteiger partial charge in [0.1, 0.15) is 11.8 Å². The number of rotatable bonds is 2. The monoisotopic (exact) mass is 303 g/mol. The smallest absolute Gasteiger partial charge is 0.205 e. The summed E-state index contributed by atoms with van der Waals surface area (Å²) in [6.07, 6.45) is 4.36. The molecule has 1 N–H and O–H groups in total. The summed E-state index contributed by atoms with van der Waals surface area (Å²) in [7, 11) is 1.98. The van der Waals surface area contributed by atoms with E-state index in [1.807, 2.05) is 17.5 Å². The Labute approximate surface area is 126 Å². The first-order valence-corrected chi connectivity index (χ1v) is 7.21. The highest BCUT2D eigenvalue weighted by Gasteiger charge is 2.25. The first kappa shape index (κ1) is 12.7. The molecule has 0 bridgehead atoms. The molecule has 0 radical (unpaired) electrons. The Morgan fingerprint density at radius 3 is 3.10 bits per heavy atom. The summed E-state index contributed by atoms with van der Waals surface area (Å²) in [5.74, 6) is 0.835. The van der Waals surface area contributed by atoms with Crippen molar-refractivity contribution >= 4 is 34.2 Å². The lowest BCUT2D eigenvalue weighted by molar-refractivity contribution is 0.616. The predicted octanol–water partition coefficient (Wildman–Crippen LogP) is 1.12. The third-order valence-electron chi connectivity index (χ3n) is 3.91. The summed E-state index contributed by atoms with van der Waals surface area (Å²) in [5.41, 5.74) is 2.19.